The first-order valence-electron chi connectivity index (χ1n) is 4.87. The number of amides is 1. The fourth-order valence-corrected chi connectivity index (χ4v) is 1.17. The smallest absolute Gasteiger partial charge is 0.217 e. The Kier molecular flexibility index (Phi) is 4.40. The largest absolute Gasteiger partial charge is 0.387 e. The summed E-state index contributed by atoms with van der Waals surface area (Å²) in [6.45, 7) is 0.720. The van der Waals surface area contributed by atoms with Crippen LogP contribution in [0.4, 0.5) is 11.4 Å². The Morgan fingerprint density at radius 1 is 1.47 bits per heavy atom. The molecule has 0 aromatic carbocycles. The van der Waals surface area contributed by atoms with E-state index in [2.05, 4.69) is 15.6 Å². The number of rotatable bonds is 6. The van der Waals surface area contributed by atoms with E-state index >= 15 is 0 Å². The highest BCUT2D eigenvalue weighted by molar-refractivity contribution is 5.73. The number of primary amides is 1. The quantitative estimate of drug-likeness (QED) is 0.604. The van der Waals surface area contributed by atoms with Crippen molar-refractivity contribution in [1.29, 1.82) is 0 Å². The van der Waals surface area contributed by atoms with Crippen LogP contribution in [0.25, 0.3) is 0 Å². The standard InChI is InChI=1S/C10H16N4O/c1-12-8-5-9(7-13-6-8)14-4-2-3-10(11)15/h5-7,12,14H,2-4H2,1H3,(H2,11,15). The van der Waals surface area contributed by atoms with Gasteiger partial charge in [0.25, 0.3) is 0 Å². The Hall–Kier alpha value is -1.78. The number of hydrogen-bond donors (Lipinski definition) is 3. The molecule has 1 amide bonds. The summed E-state index contributed by atoms with van der Waals surface area (Å²) in [5, 5.41) is 6.16. The van der Waals surface area contributed by atoms with Crippen LogP contribution in [0.5, 0.6) is 0 Å². The van der Waals surface area contributed by atoms with Crippen molar-refractivity contribution >= 4 is 17.3 Å². The van der Waals surface area contributed by atoms with Gasteiger partial charge in [-0.15, -0.1) is 0 Å². The lowest BCUT2D eigenvalue weighted by Crippen LogP contribution is -2.12. The molecular formula is C10H16N4O. The van der Waals surface area contributed by atoms with Gasteiger partial charge < -0.3 is 16.4 Å². The summed E-state index contributed by atoms with van der Waals surface area (Å²) in [6, 6.07) is 1.96. The van der Waals surface area contributed by atoms with Crippen LogP contribution in [0.3, 0.4) is 0 Å². The third kappa shape index (κ3) is 4.30. The zero-order valence-electron chi connectivity index (χ0n) is 8.79. The van der Waals surface area contributed by atoms with Crippen molar-refractivity contribution in [1.82, 2.24) is 4.98 Å². The zero-order valence-corrected chi connectivity index (χ0v) is 8.79. The second kappa shape index (κ2) is 5.85. The highest BCUT2D eigenvalue weighted by Gasteiger charge is 1.96. The SMILES string of the molecule is CNc1cncc(NCCCC(N)=O)c1. The molecule has 0 atom stereocenters. The molecule has 0 aliphatic rings. The molecule has 82 valence electrons. The third-order valence-corrected chi connectivity index (χ3v) is 1.96. The zero-order chi connectivity index (χ0) is 11.1. The fraction of sp³-hybridized carbons (Fsp3) is 0.400. The van der Waals surface area contributed by atoms with Crippen LogP contribution in [0, 0.1) is 0 Å². The summed E-state index contributed by atoms with van der Waals surface area (Å²) in [6.07, 6.45) is 4.63. The van der Waals surface area contributed by atoms with Crippen LogP contribution in [0.2, 0.25) is 0 Å². The van der Waals surface area contributed by atoms with E-state index < -0.39 is 0 Å². The number of nitrogens with two attached hydrogens (primary N) is 1. The Labute approximate surface area is 89.1 Å². The number of nitrogens with zero attached hydrogens (tertiary/aromatic N) is 1. The fourth-order valence-electron chi connectivity index (χ4n) is 1.17. The summed E-state index contributed by atoms with van der Waals surface area (Å²) in [5.41, 5.74) is 6.92. The second-order valence-electron chi connectivity index (χ2n) is 3.21. The van der Waals surface area contributed by atoms with E-state index in [9.17, 15) is 4.79 Å². The monoisotopic (exact) mass is 208 g/mol. The van der Waals surface area contributed by atoms with E-state index in [-0.39, 0.29) is 5.91 Å². The van der Waals surface area contributed by atoms with Crippen LogP contribution in [0.15, 0.2) is 18.5 Å². The molecule has 4 N–H and O–H groups in total. The molecule has 1 rings (SSSR count). The molecule has 0 aliphatic carbocycles. The first-order chi connectivity index (χ1) is 7.22. The number of carbonyl (C=O) groups excluding carboxylic acids is 1. The summed E-state index contributed by atoms with van der Waals surface area (Å²) in [5.74, 6) is -0.265. The Bertz CT molecular complexity index is 327. The average Bonchev–Trinajstić information content (AvgIpc) is 2.24. The van der Waals surface area contributed by atoms with Crippen LogP contribution < -0.4 is 16.4 Å². The van der Waals surface area contributed by atoms with E-state index in [0.717, 1.165) is 24.3 Å². The average molecular weight is 208 g/mol. The number of pyridine rings is 1. The van der Waals surface area contributed by atoms with E-state index in [1.165, 1.54) is 0 Å². The summed E-state index contributed by atoms with van der Waals surface area (Å²) in [7, 11) is 1.84. The molecule has 1 heterocycles. The Morgan fingerprint density at radius 3 is 2.87 bits per heavy atom. The lowest BCUT2D eigenvalue weighted by Gasteiger charge is -2.06. The molecule has 0 spiro atoms. The minimum absolute atomic E-state index is 0.265. The summed E-state index contributed by atoms with van der Waals surface area (Å²) in [4.78, 5) is 14.5. The van der Waals surface area contributed by atoms with Crippen molar-refractivity contribution in [3.8, 4) is 0 Å². The van der Waals surface area contributed by atoms with E-state index in [1.54, 1.807) is 12.4 Å². The van der Waals surface area contributed by atoms with Gasteiger partial charge in [-0.2, -0.15) is 0 Å². The molecule has 0 saturated carbocycles. The Morgan fingerprint density at radius 2 is 2.20 bits per heavy atom. The highest BCUT2D eigenvalue weighted by atomic mass is 16.1. The number of carbonyl (C=O) groups is 1. The third-order valence-electron chi connectivity index (χ3n) is 1.96. The van der Waals surface area contributed by atoms with Crippen molar-refractivity contribution in [2.45, 2.75) is 12.8 Å². The van der Waals surface area contributed by atoms with Gasteiger partial charge >= 0.3 is 0 Å². The molecule has 1 aromatic rings. The molecule has 0 unspecified atom stereocenters. The van der Waals surface area contributed by atoms with Crippen molar-refractivity contribution in [2.75, 3.05) is 24.2 Å². The van der Waals surface area contributed by atoms with Crippen molar-refractivity contribution in [2.24, 2.45) is 5.73 Å². The highest BCUT2D eigenvalue weighted by Crippen LogP contribution is 2.11. The molecule has 0 radical (unpaired) electrons. The molecule has 5 heteroatoms. The van der Waals surface area contributed by atoms with Gasteiger partial charge in [-0.25, -0.2) is 0 Å². The van der Waals surface area contributed by atoms with Crippen molar-refractivity contribution < 1.29 is 4.79 Å². The van der Waals surface area contributed by atoms with Gasteiger partial charge in [0.15, 0.2) is 0 Å². The maximum Gasteiger partial charge on any atom is 0.217 e. The topological polar surface area (TPSA) is 80.0 Å². The van der Waals surface area contributed by atoms with Crippen LogP contribution in [-0.4, -0.2) is 24.5 Å². The van der Waals surface area contributed by atoms with E-state index in [0.29, 0.717) is 6.42 Å². The van der Waals surface area contributed by atoms with Gasteiger partial charge in [-0.05, 0) is 12.5 Å². The first kappa shape index (κ1) is 11.3. The predicted molar refractivity (Wildman–Crippen MR) is 60.7 cm³/mol. The molecule has 5 nitrogen and oxygen atoms in total. The molecule has 0 bridgehead atoms. The van der Waals surface area contributed by atoms with E-state index in [4.69, 9.17) is 5.73 Å². The van der Waals surface area contributed by atoms with Crippen molar-refractivity contribution in [3.63, 3.8) is 0 Å². The van der Waals surface area contributed by atoms with E-state index in [1.807, 2.05) is 13.1 Å². The second-order valence-corrected chi connectivity index (χ2v) is 3.21. The predicted octanol–water partition coefficient (Wildman–Crippen LogP) is 0.801. The molecule has 15 heavy (non-hydrogen) atoms. The van der Waals surface area contributed by atoms with Crippen LogP contribution in [-0.2, 0) is 4.79 Å². The normalized spacial score (nSPS) is 9.67. The van der Waals surface area contributed by atoms with Gasteiger partial charge in [0.2, 0.25) is 5.91 Å². The lowest BCUT2D eigenvalue weighted by molar-refractivity contribution is -0.118. The summed E-state index contributed by atoms with van der Waals surface area (Å²) >= 11 is 0. The van der Waals surface area contributed by atoms with Crippen LogP contribution in [0.1, 0.15) is 12.8 Å². The first-order valence-corrected chi connectivity index (χ1v) is 4.87. The van der Waals surface area contributed by atoms with Gasteiger partial charge in [-0.1, -0.05) is 0 Å². The summed E-state index contributed by atoms with van der Waals surface area (Å²) < 4.78 is 0. The Balaban J connectivity index is 2.33. The maximum absolute atomic E-state index is 10.5. The van der Waals surface area contributed by atoms with Gasteiger partial charge in [0.1, 0.15) is 0 Å². The number of nitrogens with one attached hydrogen (secondary N) is 2. The number of anilines is 2. The maximum atomic E-state index is 10.5. The lowest BCUT2D eigenvalue weighted by atomic mass is 10.3. The number of hydrogen-bond acceptors (Lipinski definition) is 4. The van der Waals surface area contributed by atoms with Gasteiger partial charge in [0.05, 0.1) is 23.8 Å². The van der Waals surface area contributed by atoms with Crippen molar-refractivity contribution in [3.05, 3.63) is 18.5 Å². The minimum Gasteiger partial charge on any atom is -0.387 e. The molecular weight excluding hydrogens is 192 g/mol. The molecule has 0 saturated heterocycles. The molecule has 1 aromatic heterocycles. The van der Waals surface area contributed by atoms with Crippen LogP contribution >= 0.6 is 0 Å². The molecule has 0 fully saturated rings. The molecule has 0 aliphatic heterocycles. The minimum atomic E-state index is -0.265. The van der Waals surface area contributed by atoms with Gasteiger partial charge in [-0.3, -0.25) is 9.78 Å². The number of aromatic nitrogens is 1. The van der Waals surface area contributed by atoms with Gasteiger partial charge in [0, 0.05) is 20.0 Å².